The molecule has 0 unspecified atom stereocenters. The van der Waals surface area contributed by atoms with Crippen LogP contribution in [0.15, 0.2) is 21.7 Å². The van der Waals surface area contributed by atoms with E-state index in [4.69, 9.17) is 0 Å². The molecule has 0 atom stereocenters. The van der Waals surface area contributed by atoms with Gasteiger partial charge in [0, 0.05) is 17.8 Å². The molecule has 0 aliphatic heterocycles. The summed E-state index contributed by atoms with van der Waals surface area (Å²) < 4.78 is 0.868. The number of thiazole rings is 1. The van der Waals surface area contributed by atoms with Crippen molar-refractivity contribution in [1.82, 2.24) is 15.0 Å². The number of aryl methyl sites for hydroxylation is 1. The van der Waals surface area contributed by atoms with Gasteiger partial charge in [0.2, 0.25) is 0 Å². The van der Waals surface area contributed by atoms with Gasteiger partial charge in [-0.3, -0.25) is 9.97 Å². The molecular formula is C8H6BrN3S. The van der Waals surface area contributed by atoms with E-state index < -0.39 is 0 Å². The maximum Gasteiger partial charge on any atom is 0.159 e. The first-order chi connectivity index (χ1) is 6.27. The fourth-order valence-electron chi connectivity index (χ4n) is 1.02. The highest BCUT2D eigenvalue weighted by Crippen LogP contribution is 2.24. The minimum absolute atomic E-state index is 0.851. The Bertz CT molecular complexity index is 427. The third kappa shape index (κ3) is 1.76. The molecule has 13 heavy (non-hydrogen) atoms. The normalized spacial score (nSPS) is 10.3. The molecule has 0 amide bonds. The van der Waals surface area contributed by atoms with Crippen LogP contribution in [0.1, 0.15) is 5.69 Å². The van der Waals surface area contributed by atoms with Gasteiger partial charge in [-0.05, 0) is 22.9 Å². The second-order valence-electron chi connectivity index (χ2n) is 2.48. The molecule has 0 N–H and O–H groups in total. The zero-order valence-electron chi connectivity index (χ0n) is 6.86. The number of halogens is 1. The minimum atomic E-state index is 0.851. The highest BCUT2D eigenvalue weighted by Gasteiger charge is 2.06. The summed E-state index contributed by atoms with van der Waals surface area (Å²) in [5, 5.41) is 1.96. The van der Waals surface area contributed by atoms with Gasteiger partial charge in [0.15, 0.2) is 3.92 Å². The largest absolute Gasteiger partial charge is 0.258 e. The van der Waals surface area contributed by atoms with Crippen molar-refractivity contribution in [2.45, 2.75) is 6.92 Å². The van der Waals surface area contributed by atoms with Gasteiger partial charge in [0.25, 0.3) is 0 Å². The van der Waals surface area contributed by atoms with E-state index in [0.717, 1.165) is 21.0 Å². The van der Waals surface area contributed by atoms with Gasteiger partial charge >= 0.3 is 0 Å². The molecule has 0 bridgehead atoms. The summed E-state index contributed by atoms with van der Waals surface area (Å²) in [6, 6.07) is 0. The van der Waals surface area contributed by atoms with E-state index in [1.807, 2.05) is 12.3 Å². The van der Waals surface area contributed by atoms with E-state index in [1.54, 1.807) is 23.7 Å². The van der Waals surface area contributed by atoms with Gasteiger partial charge in [-0.2, -0.15) is 0 Å². The van der Waals surface area contributed by atoms with Crippen LogP contribution in [0.4, 0.5) is 0 Å². The highest BCUT2D eigenvalue weighted by molar-refractivity contribution is 9.11. The van der Waals surface area contributed by atoms with Gasteiger partial charge in [-0.15, -0.1) is 11.3 Å². The summed E-state index contributed by atoms with van der Waals surface area (Å²) in [4.78, 5) is 12.6. The van der Waals surface area contributed by atoms with E-state index in [2.05, 4.69) is 30.9 Å². The van der Waals surface area contributed by atoms with Crippen molar-refractivity contribution in [3.05, 3.63) is 27.4 Å². The smallest absolute Gasteiger partial charge is 0.159 e. The Labute approximate surface area is 88.0 Å². The molecule has 2 heterocycles. The molecule has 0 radical (unpaired) electrons. The van der Waals surface area contributed by atoms with Gasteiger partial charge < -0.3 is 0 Å². The van der Waals surface area contributed by atoms with Crippen LogP contribution in [0.5, 0.6) is 0 Å². The molecule has 0 aromatic carbocycles. The number of hydrogen-bond acceptors (Lipinski definition) is 4. The zero-order chi connectivity index (χ0) is 9.26. The molecule has 0 aliphatic rings. The Kier molecular flexibility index (Phi) is 2.37. The lowest BCUT2D eigenvalue weighted by atomic mass is 10.3. The topological polar surface area (TPSA) is 38.7 Å². The molecule has 0 saturated carbocycles. The number of hydrogen-bond donors (Lipinski definition) is 0. The van der Waals surface area contributed by atoms with E-state index in [-0.39, 0.29) is 0 Å². The Morgan fingerprint density at radius 1 is 1.31 bits per heavy atom. The second kappa shape index (κ2) is 3.51. The maximum atomic E-state index is 4.27. The number of rotatable bonds is 1. The minimum Gasteiger partial charge on any atom is -0.258 e. The Morgan fingerprint density at radius 3 is 2.69 bits per heavy atom. The van der Waals surface area contributed by atoms with Crippen molar-refractivity contribution in [2.24, 2.45) is 0 Å². The van der Waals surface area contributed by atoms with Crippen LogP contribution in [-0.4, -0.2) is 15.0 Å². The predicted octanol–water partition coefficient (Wildman–Crippen LogP) is 2.67. The summed E-state index contributed by atoms with van der Waals surface area (Å²) in [5.41, 5.74) is 2.63. The molecular weight excluding hydrogens is 250 g/mol. The quantitative estimate of drug-likeness (QED) is 0.787. The van der Waals surface area contributed by atoms with E-state index >= 15 is 0 Å². The van der Waals surface area contributed by atoms with Crippen molar-refractivity contribution in [1.29, 1.82) is 0 Å². The summed E-state index contributed by atoms with van der Waals surface area (Å²) in [6.45, 7) is 1.93. The fourth-order valence-corrected chi connectivity index (χ4v) is 2.02. The van der Waals surface area contributed by atoms with E-state index in [1.165, 1.54) is 0 Å². The molecule has 66 valence electrons. The lowest BCUT2D eigenvalue weighted by Crippen LogP contribution is -1.90. The van der Waals surface area contributed by atoms with Crippen LogP contribution in [0.25, 0.3) is 11.4 Å². The second-order valence-corrected chi connectivity index (χ2v) is 4.61. The molecule has 3 nitrogen and oxygen atoms in total. The maximum absolute atomic E-state index is 4.27. The highest BCUT2D eigenvalue weighted by atomic mass is 79.9. The molecule has 0 spiro atoms. The third-order valence-electron chi connectivity index (χ3n) is 1.60. The monoisotopic (exact) mass is 255 g/mol. The summed E-state index contributed by atoms with van der Waals surface area (Å²) in [7, 11) is 0. The molecule has 2 rings (SSSR count). The first-order valence-electron chi connectivity index (χ1n) is 3.66. The Hall–Kier alpha value is -0.810. The molecule has 0 aliphatic carbocycles. The Morgan fingerprint density at radius 2 is 2.08 bits per heavy atom. The lowest BCUT2D eigenvalue weighted by molar-refractivity contribution is 1.11. The predicted molar refractivity (Wildman–Crippen MR) is 55.6 cm³/mol. The van der Waals surface area contributed by atoms with Gasteiger partial charge in [0.1, 0.15) is 11.4 Å². The average molecular weight is 256 g/mol. The standard InChI is InChI=1S/C8H6BrN3S/c1-5-7(11-3-2-10-5)6-4-13-8(9)12-6/h2-4H,1H3. The zero-order valence-corrected chi connectivity index (χ0v) is 9.26. The van der Waals surface area contributed by atoms with Gasteiger partial charge in [-0.1, -0.05) is 0 Å². The first kappa shape index (κ1) is 8.77. The van der Waals surface area contributed by atoms with E-state index in [9.17, 15) is 0 Å². The van der Waals surface area contributed by atoms with Crippen LogP contribution in [-0.2, 0) is 0 Å². The molecule has 2 aromatic rings. The van der Waals surface area contributed by atoms with Crippen molar-refractivity contribution < 1.29 is 0 Å². The van der Waals surface area contributed by atoms with Crippen LogP contribution in [0, 0.1) is 6.92 Å². The summed E-state index contributed by atoms with van der Waals surface area (Å²) in [5.74, 6) is 0. The van der Waals surface area contributed by atoms with Gasteiger partial charge in [0.05, 0.1) is 5.69 Å². The average Bonchev–Trinajstić information content (AvgIpc) is 2.53. The van der Waals surface area contributed by atoms with Crippen LogP contribution >= 0.6 is 27.3 Å². The number of nitrogens with zero attached hydrogens (tertiary/aromatic N) is 3. The summed E-state index contributed by atoms with van der Waals surface area (Å²) >= 11 is 4.86. The molecule has 0 saturated heterocycles. The van der Waals surface area contributed by atoms with Gasteiger partial charge in [-0.25, -0.2) is 4.98 Å². The molecule has 5 heteroatoms. The van der Waals surface area contributed by atoms with E-state index in [0.29, 0.717) is 0 Å². The Balaban J connectivity index is 2.52. The molecule has 0 fully saturated rings. The van der Waals surface area contributed by atoms with Crippen molar-refractivity contribution in [3.8, 4) is 11.4 Å². The van der Waals surface area contributed by atoms with Crippen molar-refractivity contribution in [2.75, 3.05) is 0 Å². The summed E-state index contributed by atoms with van der Waals surface area (Å²) in [6.07, 6.45) is 3.36. The van der Waals surface area contributed by atoms with Crippen LogP contribution < -0.4 is 0 Å². The van der Waals surface area contributed by atoms with Crippen LogP contribution in [0.2, 0.25) is 0 Å². The molecule has 2 aromatic heterocycles. The number of aromatic nitrogens is 3. The fraction of sp³-hybridized carbons (Fsp3) is 0.125. The first-order valence-corrected chi connectivity index (χ1v) is 5.33. The van der Waals surface area contributed by atoms with Crippen molar-refractivity contribution >= 4 is 27.3 Å². The lowest BCUT2D eigenvalue weighted by Gasteiger charge is -1.97. The SMILES string of the molecule is Cc1nccnc1-c1csc(Br)n1. The van der Waals surface area contributed by atoms with Crippen molar-refractivity contribution in [3.63, 3.8) is 0 Å². The van der Waals surface area contributed by atoms with Crippen LogP contribution in [0.3, 0.4) is 0 Å². The third-order valence-corrected chi connectivity index (χ3v) is 2.96.